The SMILES string of the molecule is CCCNC(c1cccc(C(F)(F)F)c1)C(CC)OCC. The van der Waals surface area contributed by atoms with E-state index in [2.05, 4.69) is 5.32 Å². The molecule has 0 saturated heterocycles. The van der Waals surface area contributed by atoms with Crippen molar-refractivity contribution >= 4 is 0 Å². The van der Waals surface area contributed by atoms with Gasteiger partial charge < -0.3 is 10.1 Å². The lowest BCUT2D eigenvalue weighted by molar-refractivity contribution is -0.137. The molecule has 21 heavy (non-hydrogen) atoms. The second-order valence-electron chi connectivity index (χ2n) is 4.96. The van der Waals surface area contributed by atoms with Gasteiger partial charge in [0.25, 0.3) is 0 Å². The quantitative estimate of drug-likeness (QED) is 0.760. The minimum absolute atomic E-state index is 0.134. The average Bonchev–Trinajstić information content (AvgIpc) is 2.46. The zero-order chi connectivity index (χ0) is 15.9. The fraction of sp³-hybridized carbons (Fsp3) is 0.625. The molecule has 2 unspecified atom stereocenters. The number of benzene rings is 1. The van der Waals surface area contributed by atoms with Crippen molar-refractivity contribution in [3.8, 4) is 0 Å². The van der Waals surface area contributed by atoms with E-state index in [1.807, 2.05) is 20.8 Å². The van der Waals surface area contributed by atoms with Gasteiger partial charge in [-0.05, 0) is 44.0 Å². The molecule has 120 valence electrons. The molecule has 0 heterocycles. The lowest BCUT2D eigenvalue weighted by Crippen LogP contribution is -2.34. The summed E-state index contributed by atoms with van der Waals surface area (Å²) in [6, 6.07) is 5.27. The van der Waals surface area contributed by atoms with Crippen LogP contribution in [0.2, 0.25) is 0 Å². The number of rotatable bonds is 8. The molecule has 1 aromatic carbocycles. The van der Waals surface area contributed by atoms with Crippen LogP contribution in [0, 0.1) is 0 Å². The summed E-state index contributed by atoms with van der Waals surface area (Å²) in [4.78, 5) is 0. The minimum atomic E-state index is -4.32. The van der Waals surface area contributed by atoms with Crippen LogP contribution >= 0.6 is 0 Å². The molecule has 0 radical (unpaired) electrons. The Morgan fingerprint density at radius 2 is 1.90 bits per heavy atom. The van der Waals surface area contributed by atoms with Crippen LogP contribution in [0.5, 0.6) is 0 Å². The van der Waals surface area contributed by atoms with E-state index in [9.17, 15) is 13.2 Å². The first-order valence-electron chi connectivity index (χ1n) is 7.46. The van der Waals surface area contributed by atoms with Crippen molar-refractivity contribution in [2.75, 3.05) is 13.2 Å². The zero-order valence-electron chi connectivity index (χ0n) is 12.8. The molecule has 0 saturated carbocycles. The van der Waals surface area contributed by atoms with Gasteiger partial charge >= 0.3 is 6.18 Å². The third-order valence-corrected chi connectivity index (χ3v) is 3.34. The van der Waals surface area contributed by atoms with E-state index >= 15 is 0 Å². The molecule has 5 heteroatoms. The van der Waals surface area contributed by atoms with E-state index in [1.54, 1.807) is 6.07 Å². The van der Waals surface area contributed by atoms with Gasteiger partial charge in [0.1, 0.15) is 0 Å². The van der Waals surface area contributed by atoms with E-state index in [0.717, 1.165) is 25.5 Å². The van der Waals surface area contributed by atoms with Gasteiger partial charge in [-0.1, -0.05) is 26.0 Å². The van der Waals surface area contributed by atoms with Gasteiger partial charge in [-0.2, -0.15) is 13.2 Å². The average molecular weight is 303 g/mol. The predicted octanol–water partition coefficient (Wildman–Crippen LogP) is 4.56. The van der Waals surface area contributed by atoms with E-state index in [4.69, 9.17) is 4.74 Å². The van der Waals surface area contributed by atoms with Gasteiger partial charge in [-0.15, -0.1) is 0 Å². The van der Waals surface area contributed by atoms with E-state index in [-0.39, 0.29) is 12.1 Å². The lowest BCUT2D eigenvalue weighted by atomic mass is 9.97. The molecule has 0 fully saturated rings. The highest BCUT2D eigenvalue weighted by Crippen LogP contribution is 2.32. The summed E-state index contributed by atoms with van der Waals surface area (Å²) < 4.78 is 44.3. The molecule has 2 nitrogen and oxygen atoms in total. The number of halogens is 3. The maximum absolute atomic E-state index is 12.9. The van der Waals surface area contributed by atoms with Gasteiger partial charge in [0, 0.05) is 6.61 Å². The van der Waals surface area contributed by atoms with Gasteiger partial charge in [-0.25, -0.2) is 0 Å². The Balaban J connectivity index is 3.07. The maximum atomic E-state index is 12.9. The Morgan fingerprint density at radius 1 is 1.19 bits per heavy atom. The molecule has 0 aliphatic rings. The van der Waals surface area contributed by atoms with Crippen LogP contribution in [0.4, 0.5) is 13.2 Å². The van der Waals surface area contributed by atoms with Crippen molar-refractivity contribution in [3.05, 3.63) is 35.4 Å². The third-order valence-electron chi connectivity index (χ3n) is 3.34. The number of hydrogen-bond donors (Lipinski definition) is 1. The van der Waals surface area contributed by atoms with E-state index in [1.165, 1.54) is 12.1 Å². The van der Waals surface area contributed by atoms with Crippen LogP contribution in [0.25, 0.3) is 0 Å². The topological polar surface area (TPSA) is 21.3 Å². The number of ether oxygens (including phenoxy) is 1. The molecule has 0 aliphatic carbocycles. The Hall–Kier alpha value is -1.07. The molecule has 1 N–H and O–H groups in total. The molecular weight excluding hydrogens is 279 g/mol. The summed E-state index contributed by atoms with van der Waals surface area (Å²) in [5.41, 5.74) is 0.00762. The first kappa shape index (κ1) is 18.0. The Morgan fingerprint density at radius 3 is 2.43 bits per heavy atom. The molecule has 0 aliphatic heterocycles. The second kappa shape index (κ2) is 8.39. The van der Waals surface area contributed by atoms with Crippen molar-refractivity contribution in [3.63, 3.8) is 0 Å². The number of nitrogens with one attached hydrogen (secondary N) is 1. The normalized spacial score (nSPS) is 15.0. The lowest BCUT2D eigenvalue weighted by Gasteiger charge is -2.28. The fourth-order valence-corrected chi connectivity index (χ4v) is 2.34. The van der Waals surface area contributed by atoms with E-state index in [0.29, 0.717) is 12.2 Å². The van der Waals surface area contributed by atoms with Crippen molar-refractivity contribution in [2.45, 2.75) is 51.9 Å². The molecule has 0 aromatic heterocycles. The van der Waals surface area contributed by atoms with Crippen LogP contribution in [-0.4, -0.2) is 19.3 Å². The summed E-state index contributed by atoms with van der Waals surface area (Å²) in [7, 11) is 0. The zero-order valence-corrected chi connectivity index (χ0v) is 12.8. The number of hydrogen-bond acceptors (Lipinski definition) is 2. The highest BCUT2D eigenvalue weighted by Gasteiger charge is 2.31. The fourth-order valence-electron chi connectivity index (χ4n) is 2.34. The Kier molecular flexibility index (Phi) is 7.18. The summed E-state index contributed by atoms with van der Waals surface area (Å²) in [6.45, 7) is 7.18. The largest absolute Gasteiger partial charge is 0.416 e. The third kappa shape index (κ3) is 5.32. The summed E-state index contributed by atoms with van der Waals surface area (Å²) >= 11 is 0. The van der Waals surface area contributed by atoms with Crippen molar-refractivity contribution in [1.29, 1.82) is 0 Å². The first-order valence-corrected chi connectivity index (χ1v) is 7.46. The molecular formula is C16H24F3NO. The van der Waals surface area contributed by atoms with Gasteiger partial charge in [-0.3, -0.25) is 0 Å². The van der Waals surface area contributed by atoms with E-state index < -0.39 is 11.7 Å². The van der Waals surface area contributed by atoms with Gasteiger partial charge in [0.05, 0.1) is 17.7 Å². The maximum Gasteiger partial charge on any atom is 0.416 e. The highest BCUT2D eigenvalue weighted by atomic mass is 19.4. The Labute approximate surface area is 124 Å². The van der Waals surface area contributed by atoms with Crippen LogP contribution in [0.3, 0.4) is 0 Å². The van der Waals surface area contributed by atoms with Crippen molar-refractivity contribution < 1.29 is 17.9 Å². The minimum Gasteiger partial charge on any atom is -0.377 e. The van der Waals surface area contributed by atoms with Gasteiger partial charge in [0.2, 0.25) is 0 Å². The smallest absolute Gasteiger partial charge is 0.377 e. The van der Waals surface area contributed by atoms with Gasteiger partial charge in [0.15, 0.2) is 0 Å². The molecule has 0 spiro atoms. The van der Waals surface area contributed by atoms with Crippen molar-refractivity contribution in [1.82, 2.24) is 5.32 Å². The van der Waals surface area contributed by atoms with Crippen LogP contribution in [-0.2, 0) is 10.9 Å². The molecule has 0 amide bonds. The van der Waals surface area contributed by atoms with Crippen molar-refractivity contribution in [2.24, 2.45) is 0 Å². The Bertz CT molecular complexity index is 420. The second-order valence-corrected chi connectivity index (χ2v) is 4.96. The summed E-state index contributed by atoms with van der Waals surface area (Å²) in [6.07, 6.45) is -2.80. The predicted molar refractivity (Wildman–Crippen MR) is 78.2 cm³/mol. The van der Waals surface area contributed by atoms with Crippen LogP contribution in [0.1, 0.15) is 50.8 Å². The summed E-state index contributed by atoms with van der Waals surface area (Å²) in [5, 5.41) is 3.31. The highest BCUT2D eigenvalue weighted by molar-refractivity contribution is 5.28. The number of alkyl halides is 3. The first-order chi connectivity index (χ1) is 9.93. The van der Waals surface area contributed by atoms with Crippen LogP contribution in [0.15, 0.2) is 24.3 Å². The molecule has 2 atom stereocenters. The molecule has 1 aromatic rings. The molecule has 1 rings (SSSR count). The summed E-state index contributed by atoms with van der Waals surface area (Å²) in [5.74, 6) is 0. The standard InChI is InChI=1S/C16H24F3NO/c1-4-10-20-15(14(5-2)21-6-3)12-8-7-9-13(11-12)16(17,18)19/h7-9,11,14-15,20H,4-6,10H2,1-3H3. The van der Waals surface area contributed by atoms with Crippen LogP contribution < -0.4 is 5.32 Å². The monoisotopic (exact) mass is 303 g/mol. The molecule has 0 bridgehead atoms.